The van der Waals surface area contributed by atoms with Gasteiger partial charge in [0.25, 0.3) is 0 Å². The first-order chi connectivity index (χ1) is 10.3. The lowest BCUT2D eigenvalue weighted by atomic mass is 10.1. The van der Waals surface area contributed by atoms with Gasteiger partial charge in [-0.3, -0.25) is 0 Å². The van der Waals surface area contributed by atoms with Crippen LogP contribution in [0.3, 0.4) is 0 Å². The van der Waals surface area contributed by atoms with Gasteiger partial charge in [0.1, 0.15) is 5.82 Å². The summed E-state index contributed by atoms with van der Waals surface area (Å²) in [6.07, 6.45) is 2.50. The van der Waals surface area contributed by atoms with E-state index in [0.29, 0.717) is 30.0 Å². The van der Waals surface area contributed by atoms with Crippen LogP contribution >= 0.6 is 0 Å². The summed E-state index contributed by atoms with van der Waals surface area (Å²) < 4.78 is 24.1. The van der Waals surface area contributed by atoms with Crippen LogP contribution in [-0.2, 0) is 9.84 Å². The maximum atomic E-state index is 12.1. The van der Waals surface area contributed by atoms with Gasteiger partial charge < -0.3 is 10.2 Å². The zero-order valence-electron chi connectivity index (χ0n) is 13.8. The van der Waals surface area contributed by atoms with Crippen molar-refractivity contribution in [2.45, 2.75) is 44.3 Å². The zero-order valence-corrected chi connectivity index (χ0v) is 14.7. The van der Waals surface area contributed by atoms with Crippen LogP contribution in [-0.4, -0.2) is 50.0 Å². The highest BCUT2D eigenvalue weighted by Gasteiger charge is 2.28. The molecule has 1 atom stereocenters. The lowest BCUT2D eigenvalue weighted by Crippen LogP contribution is -2.34. The summed E-state index contributed by atoms with van der Waals surface area (Å²) in [5.41, 5.74) is 0.952. The van der Waals surface area contributed by atoms with E-state index in [2.05, 4.69) is 29.1 Å². The maximum absolute atomic E-state index is 12.1. The first-order valence-electron chi connectivity index (χ1n) is 7.81. The quantitative estimate of drug-likeness (QED) is 0.892. The minimum absolute atomic E-state index is 0.292. The Morgan fingerprint density at radius 1 is 1.32 bits per heavy atom. The molecule has 124 valence electrons. The average Bonchev–Trinajstić information content (AvgIpc) is 2.45. The highest BCUT2D eigenvalue weighted by Crippen LogP contribution is 2.22. The molecule has 0 aromatic carbocycles. The van der Waals surface area contributed by atoms with Crippen molar-refractivity contribution in [3.8, 4) is 0 Å². The van der Waals surface area contributed by atoms with E-state index < -0.39 is 9.84 Å². The molecule has 1 unspecified atom stereocenters. The van der Waals surface area contributed by atoms with Gasteiger partial charge in [-0.15, -0.1) is 0 Å². The fourth-order valence-electron chi connectivity index (χ4n) is 2.51. The molecular weight excluding hydrogens is 300 g/mol. The third-order valence-electron chi connectivity index (χ3n) is 3.95. The normalized spacial score (nSPS) is 20.9. The number of rotatable bonds is 5. The maximum Gasteiger partial charge on any atom is 0.227 e. The van der Waals surface area contributed by atoms with Crippen LogP contribution in [0.25, 0.3) is 0 Å². The van der Waals surface area contributed by atoms with Gasteiger partial charge >= 0.3 is 0 Å². The van der Waals surface area contributed by atoms with Gasteiger partial charge in [0, 0.05) is 26.7 Å². The third-order valence-corrected chi connectivity index (χ3v) is 6.23. The van der Waals surface area contributed by atoms with Crippen molar-refractivity contribution in [2.75, 3.05) is 36.6 Å². The second-order valence-corrected chi connectivity index (χ2v) is 8.79. The average molecular weight is 326 g/mol. The topological polar surface area (TPSA) is 75.2 Å². The van der Waals surface area contributed by atoms with E-state index in [1.165, 1.54) is 0 Å². The number of nitrogens with one attached hydrogen (secondary N) is 1. The molecule has 7 heteroatoms. The molecule has 0 bridgehead atoms. The molecule has 1 N–H and O–H groups in total. The molecule has 1 fully saturated rings. The molecular formula is C15H26N4O2S. The molecule has 1 saturated heterocycles. The SMILES string of the molecule is CC(C)c1cc(NCC2CCCCS2(=O)=O)nc(N(C)C)n1. The summed E-state index contributed by atoms with van der Waals surface area (Å²) in [6, 6.07) is 1.91. The van der Waals surface area contributed by atoms with E-state index in [9.17, 15) is 8.42 Å². The van der Waals surface area contributed by atoms with Crippen molar-refractivity contribution in [1.82, 2.24) is 9.97 Å². The Kier molecular flexibility index (Phi) is 5.26. The van der Waals surface area contributed by atoms with E-state index in [4.69, 9.17) is 0 Å². The fourth-order valence-corrected chi connectivity index (χ4v) is 4.31. The summed E-state index contributed by atoms with van der Waals surface area (Å²) in [6.45, 7) is 4.58. The molecule has 0 radical (unpaired) electrons. The summed E-state index contributed by atoms with van der Waals surface area (Å²) >= 11 is 0. The van der Waals surface area contributed by atoms with Gasteiger partial charge in [0.15, 0.2) is 9.84 Å². The molecule has 0 amide bonds. The molecule has 1 aliphatic rings. The highest BCUT2D eigenvalue weighted by molar-refractivity contribution is 7.92. The van der Waals surface area contributed by atoms with E-state index >= 15 is 0 Å². The molecule has 0 saturated carbocycles. The van der Waals surface area contributed by atoms with Crippen LogP contribution in [0.15, 0.2) is 6.07 Å². The summed E-state index contributed by atoms with van der Waals surface area (Å²) in [5, 5.41) is 2.90. The fraction of sp³-hybridized carbons (Fsp3) is 0.733. The number of aromatic nitrogens is 2. The zero-order chi connectivity index (χ0) is 16.3. The standard InChI is InChI=1S/C15H26N4O2S/c1-11(2)13-9-14(18-15(17-13)19(3)4)16-10-12-7-5-6-8-22(12,20)21/h9,11-12H,5-8,10H2,1-4H3,(H,16,17,18). The van der Waals surface area contributed by atoms with Crippen molar-refractivity contribution in [3.63, 3.8) is 0 Å². The van der Waals surface area contributed by atoms with Crippen molar-refractivity contribution >= 4 is 21.6 Å². The molecule has 1 aromatic rings. The highest BCUT2D eigenvalue weighted by atomic mass is 32.2. The number of hydrogen-bond donors (Lipinski definition) is 1. The van der Waals surface area contributed by atoms with E-state index in [-0.39, 0.29) is 5.25 Å². The summed E-state index contributed by atoms with van der Waals surface area (Å²) in [7, 11) is 0.832. The summed E-state index contributed by atoms with van der Waals surface area (Å²) in [4.78, 5) is 10.8. The molecule has 0 aliphatic carbocycles. The number of sulfone groups is 1. The molecule has 22 heavy (non-hydrogen) atoms. The smallest absolute Gasteiger partial charge is 0.227 e. The van der Waals surface area contributed by atoms with E-state index in [1.54, 1.807) is 0 Å². The molecule has 6 nitrogen and oxygen atoms in total. The Balaban J connectivity index is 2.15. The van der Waals surface area contributed by atoms with Gasteiger partial charge in [-0.2, -0.15) is 4.98 Å². The Bertz CT molecular complexity index is 588. The van der Waals surface area contributed by atoms with Crippen LogP contribution in [0.2, 0.25) is 0 Å². The first kappa shape index (κ1) is 17.0. The van der Waals surface area contributed by atoms with Crippen molar-refractivity contribution in [2.24, 2.45) is 0 Å². The van der Waals surface area contributed by atoms with Crippen LogP contribution in [0, 0.1) is 0 Å². The van der Waals surface area contributed by atoms with Gasteiger partial charge in [0.05, 0.1) is 16.7 Å². The Morgan fingerprint density at radius 3 is 2.64 bits per heavy atom. The number of hydrogen-bond acceptors (Lipinski definition) is 6. The largest absolute Gasteiger partial charge is 0.369 e. The third kappa shape index (κ3) is 4.09. The number of anilines is 2. The molecule has 1 aromatic heterocycles. The molecule has 2 rings (SSSR count). The Labute approximate surface area is 133 Å². The van der Waals surface area contributed by atoms with Gasteiger partial charge in [-0.1, -0.05) is 20.3 Å². The van der Waals surface area contributed by atoms with Crippen LogP contribution in [0.1, 0.15) is 44.7 Å². The van der Waals surface area contributed by atoms with Gasteiger partial charge in [-0.05, 0) is 18.8 Å². The van der Waals surface area contributed by atoms with Gasteiger partial charge in [-0.25, -0.2) is 13.4 Å². The van der Waals surface area contributed by atoms with Crippen LogP contribution in [0.4, 0.5) is 11.8 Å². The van der Waals surface area contributed by atoms with Gasteiger partial charge in [0.2, 0.25) is 5.95 Å². The summed E-state index contributed by atoms with van der Waals surface area (Å²) in [5.74, 6) is 1.94. The van der Waals surface area contributed by atoms with Crippen LogP contribution < -0.4 is 10.2 Å². The minimum Gasteiger partial charge on any atom is -0.369 e. The van der Waals surface area contributed by atoms with Crippen molar-refractivity contribution < 1.29 is 8.42 Å². The first-order valence-corrected chi connectivity index (χ1v) is 9.53. The lowest BCUT2D eigenvalue weighted by Gasteiger charge is -2.23. The Morgan fingerprint density at radius 2 is 2.05 bits per heavy atom. The number of nitrogens with zero attached hydrogens (tertiary/aromatic N) is 3. The lowest BCUT2D eigenvalue weighted by molar-refractivity contribution is 0.544. The predicted octanol–water partition coefficient (Wildman–Crippen LogP) is 2.05. The monoisotopic (exact) mass is 326 g/mol. The van der Waals surface area contributed by atoms with E-state index in [0.717, 1.165) is 25.0 Å². The second-order valence-electron chi connectivity index (χ2n) is 6.39. The Hall–Kier alpha value is -1.37. The van der Waals surface area contributed by atoms with Crippen molar-refractivity contribution in [3.05, 3.63) is 11.8 Å². The minimum atomic E-state index is -2.96. The molecule has 0 spiro atoms. The van der Waals surface area contributed by atoms with E-state index in [1.807, 2.05) is 25.1 Å². The molecule has 2 heterocycles. The predicted molar refractivity (Wildman–Crippen MR) is 90.4 cm³/mol. The molecule has 1 aliphatic heterocycles. The second kappa shape index (κ2) is 6.81. The van der Waals surface area contributed by atoms with Crippen molar-refractivity contribution in [1.29, 1.82) is 0 Å². The van der Waals surface area contributed by atoms with Crippen LogP contribution in [0.5, 0.6) is 0 Å².